The smallest absolute Gasteiger partial charge is 0.246 e. The van der Waals surface area contributed by atoms with Crippen LogP contribution in [-0.2, 0) is 14.4 Å². The third-order valence-electron chi connectivity index (χ3n) is 10.0. The summed E-state index contributed by atoms with van der Waals surface area (Å²) in [6.45, 7) is 12.1. The molecule has 0 spiro atoms. The van der Waals surface area contributed by atoms with Crippen molar-refractivity contribution in [3.8, 4) is 0 Å². The van der Waals surface area contributed by atoms with Gasteiger partial charge in [0.25, 0.3) is 0 Å². The van der Waals surface area contributed by atoms with Gasteiger partial charge >= 0.3 is 0 Å². The first-order valence-electron chi connectivity index (χ1n) is 18.4. The van der Waals surface area contributed by atoms with Crippen molar-refractivity contribution in [2.45, 2.75) is 118 Å². The molecule has 48 heavy (non-hydrogen) atoms. The van der Waals surface area contributed by atoms with Crippen LogP contribution in [0.4, 0.5) is 11.4 Å². The second-order valence-corrected chi connectivity index (χ2v) is 13.8. The maximum absolute atomic E-state index is 14.1. The first-order chi connectivity index (χ1) is 23.2. The van der Waals surface area contributed by atoms with Gasteiger partial charge in [-0.25, -0.2) is 4.99 Å². The number of aliphatic hydroxyl groups is 1. The van der Waals surface area contributed by atoms with E-state index in [9.17, 15) is 19.5 Å². The number of hydrogen-bond donors (Lipinski definition) is 2. The molecule has 0 aromatic heterocycles. The van der Waals surface area contributed by atoms with E-state index in [1.165, 1.54) is 0 Å². The van der Waals surface area contributed by atoms with Crippen molar-refractivity contribution in [1.82, 2.24) is 4.90 Å². The predicted molar refractivity (Wildman–Crippen MR) is 195 cm³/mol. The molecule has 0 bridgehead atoms. The summed E-state index contributed by atoms with van der Waals surface area (Å²) in [6, 6.07) is 3.89. The van der Waals surface area contributed by atoms with Gasteiger partial charge in [-0.2, -0.15) is 0 Å². The van der Waals surface area contributed by atoms with Crippen molar-refractivity contribution in [2.24, 2.45) is 4.99 Å². The Kier molecular flexibility index (Phi) is 12.1. The van der Waals surface area contributed by atoms with Crippen LogP contribution >= 0.6 is 0 Å². The molecule has 0 saturated carbocycles. The monoisotopic (exact) mass is 654 g/mol. The molecule has 1 aromatic carbocycles. The highest BCUT2D eigenvalue weighted by atomic mass is 16.3. The second kappa shape index (κ2) is 16.4. The number of unbranched alkanes of at least 4 members (excludes halogenated alkanes) is 6. The summed E-state index contributed by atoms with van der Waals surface area (Å²) in [4.78, 5) is 49.5. The maximum atomic E-state index is 14.1. The van der Waals surface area contributed by atoms with Crippen LogP contribution in [0.25, 0.3) is 5.57 Å². The zero-order chi connectivity index (χ0) is 34.2. The molecule has 2 aliphatic heterocycles. The molecule has 2 aliphatic carbocycles. The van der Waals surface area contributed by atoms with Crippen LogP contribution in [0.15, 0.2) is 57.5 Å². The second-order valence-electron chi connectivity index (χ2n) is 13.8. The number of aliphatic hydroxyl groups excluding tert-OH is 1. The summed E-state index contributed by atoms with van der Waals surface area (Å²) in [7, 11) is 0. The molecule has 5 rings (SSSR count). The zero-order valence-electron chi connectivity index (χ0n) is 29.6. The molecule has 258 valence electrons. The van der Waals surface area contributed by atoms with Crippen molar-refractivity contribution < 1.29 is 19.5 Å². The molecular weight excluding hydrogens is 600 g/mol. The number of carbonyl (C=O) groups excluding carboxylic acids is 3. The number of hydrogen-bond acceptors (Lipinski definition) is 6. The number of anilines is 2. The van der Waals surface area contributed by atoms with E-state index in [0.29, 0.717) is 35.4 Å². The summed E-state index contributed by atoms with van der Waals surface area (Å²) < 4.78 is 0. The Morgan fingerprint density at radius 1 is 0.812 bits per heavy atom. The van der Waals surface area contributed by atoms with Gasteiger partial charge in [-0.3, -0.25) is 14.4 Å². The van der Waals surface area contributed by atoms with Crippen molar-refractivity contribution in [2.75, 3.05) is 36.4 Å². The summed E-state index contributed by atoms with van der Waals surface area (Å²) in [5.41, 5.74) is 6.38. The van der Waals surface area contributed by atoms with E-state index in [1.807, 2.05) is 38.1 Å². The third-order valence-corrected chi connectivity index (χ3v) is 10.0. The third kappa shape index (κ3) is 8.01. The molecule has 2 heterocycles. The molecule has 0 radical (unpaired) electrons. The highest BCUT2D eigenvalue weighted by Gasteiger charge is 2.40. The number of rotatable bonds is 14. The average molecular weight is 655 g/mol. The van der Waals surface area contributed by atoms with Gasteiger partial charge in [-0.1, -0.05) is 52.4 Å². The SMILES string of the molecule is CCCCCCC(=O)N=C1C=C(N2CCCC2)C(C)=CC1=C1C(=O)C(c2cc(C)c(N3CCCC3)cc2NC(=O)CCCCCC)=C1O. The Bertz CT molecular complexity index is 1570. The van der Waals surface area contributed by atoms with Gasteiger partial charge in [0.15, 0.2) is 0 Å². The molecule has 2 saturated heterocycles. The molecule has 1 aromatic rings. The molecule has 8 heteroatoms. The fourth-order valence-corrected chi connectivity index (χ4v) is 7.30. The maximum Gasteiger partial charge on any atom is 0.246 e. The number of Topliss-reactive ketones (excluding diaryl/α,β-unsaturated/α-hetero) is 1. The molecule has 2 amide bonds. The molecule has 0 atom stereocenters. The van der Waals surface area contributed by atoms with Crippen molar-refractivity contribution in [1.29, 1.82) is 0 Å². The minimum atomic E-state index is -0.306. The Balaban J connectivity index is 1.53. The summed E-state index contributed by atoms with van der Waals surface area (Å²) in [5, 5.41) is 14.8. The Morgan fingerprint density at radius 2 is 1.44 bits per heavy atom. The quantitative estimate of drug-likeness (QED) is 0.154. The molecular formula is C40H54N4O4. The average Bonchev–Trinajstić information content (AvgIpc) is 3.80. The van der Waals surface area contributed by atoms with Crippen LogP contribution in [0.5, 0.6) is 0 Å². The van der Waals surface area contributed by atoms with E-state index < -0.39 is 0 Å². The first kappa shape index (κ1) is 35.4. The number of nitrogens with one attached hydrogen (secondary N) is 1. The number of likely N-dealkylation sites (tertiary alicyclic amines) is 1. The molecule has 8 nitrogen and oxygen atoms in total. The van der Waals surface area contributed by atoms with E-state index >= 15 is 0 Å². The first-order valence-corrected chi connectivity index (χ1v) is 18.4. The number of ketones is 1. The van der Waals surface area contributed by atoms with Crippen molar-refractivity contribution >= 4 is 40.3 Å². The van der Waals surface area contributed by atoms with Crippen LogP contribution in [-0.4, -0.2) is 59.5 Å². The standard InChI is InChI=1S/C40H54N4O4/c1-5-7-9-11-17-35(45)41-31-25-33(43-19-13-14-20-43)27(3)23-29(31)37-39(47)38(40(37)48)30-24-28(4)34(44-21-15-16-22-44)26-32(30)42-36(46)18-12-10-8-6-2/h23-26,47H,5-22H2,1-4H3,(H,41,45). The topological polar surface area (TPSA) is 102 Å². The molecule has 2 fully saturated rings. The number of nitrogens with zero attached hydrogens (tertiary/aromatic N) is 3. The van der Waals surface area contributed by atoms with E-state index in [1.54, 1.807) is 0 Å². The largest absolute Gasteiger partial charge is 0.506 e. The van der Waals surface area contributed by atoms with E-state index in [0.717, 1.165) is 126 Å². The number of benzene rings is 1. The highest BCUT2D eigenvalue weighted by molar-refractivity contribution is 6.42. The molecule has 4 aliphatic rings. The fraction of sp³-hybridized carbons (Fsp3) is 0.550. The van der Waals surface area contributed by atoms with E-state index in [2.05, 4.69) is 34.0 Å². The zero-order valence-corrected chi connectivity index (χ0v) is 29.6. The van der Waals surface area contributed by atoms with E-state index in [4.69, 9.17) is 0 Å². The predicted octanol–water partition coefficient (Wildman–Crippen LogP) is 8.53. The van der Waals surface area contributed by atoms with Gasteiger partial charge in [-0.05, 0) is 87.8 Å². The lowest BCUT2D eigenvalue weighted by atomic mass is 9.77. The number of aryl methyl sites for hydroxylation is 1. The van der Waals surface area contributed by atoms with Crippen LogP contribution < -0.4 is 10.2 Å². The number of amides is 2. The van der Waals surface area contributed by atoms with Crippen molar-refractivity contribution in [3.63, 3.8) is 0 Å². The number of allylic oxidation sites excluding steroid dienone is 6. The minimum Gasteiger partial charge on any atom is -0.506 e. The van der Waals surface area contributed by atoms with E-state index in [-0.39, 0.29) is 34.5 Å². The lowest BCUT2D eigenvalue weighted by molar-refractivity contribution is -0.118. The number of carbonyl (C=O) groups is 3. The van der Waals surface area contributed by atoms with Crippen LogP contribution in [0.1, 0.15) is 122 Å². The molecule has 2 N–H and O–H groups in total. The lowest BCUT2D eigenvalue weighted by Crippen LogP contribution is -2.29. The highest BCUT2D eigenvalue weighted by Crippen LogP contribution is 2.44. The van der Waals surface area contributed by atoms with Gasteiger partial charge < -0.3 is 20.2 Å². The lowest BCUT2D eigenvalue weighted by Gasteiger charge is -2.30. The minimum absolute atomic E-state index is 0.0914. The van der Waals surface area contributed by atoms with Crippen molar-refractivity contribution in [3.05, 3.63) is 63.6 Å². The van der Waals surface area contributed by atoms with Gasteiger partial charge in [0, 0.05) is 61.5 Å². The van der Waals surface area contributed by atoms with Gasteiger partial charge in [0.05, 0.1) is 22.5 Å². The fourth-order valence-electron chi connectivity index (χ4n) is 7.30. The normalized spacial score (nSPS) is 20.4. The molecule has 0 unspecified atom stereocenters. The van der Waals surface area contributed by atoms with Gasteiger partial charge in [0.1, 0.15) is 5.76 Å². The van der Waals surface area contributed by atoms with Crippen LogP contribution in [0, 0.1) is 6.92 Å². The Labute approximate surface area is 286 Å². The van der Waals surface area contributed by atoms with Gasteiger partial charge in [-0.15, -0.1) is 0 Å². The van der Waals surface area contributed by atoms with Crippen LogP contribution in [0.2, 0.25) is 0 Å². The van der Waals surface area contributed by atoms with Crippen LogP contribution in [0.3, 0.4) is 0 Å². The summed E-state index contributed by atoms with van der Waals surface area (Å²) in [5.74, 6) is -0.727. The summed E-state index contributed by atoms with van der Waals surface area (Å²) >= 11 is 0. The van der Waals surface area contributed by atoms with Gasteiger partial charge in [0.2, 0.25) is 17.6 Å². The Morgan fingerprint density at radius 3 is 2.06 bits per heavy atom. The number of aliphatic imine (C=N–C) groups is 1. The summed E-state index contributed by atoms with van der Waals surface area (Å²) in [6.07, 6.45) is 17.0. The Hall–Kier alpha value is -3.94.